The number of fused-ring (bicyclic) bond motifs is 6. The summed E-state index contributed by atoms with van der Waals surface area (Å²) in [5.74, 6) is -0.260. The van der Waals surface area contributed by atoms with E-state index in [-0.39, 0.29) is 29.7 Å². The second kappa shape index (κ2) is 9.28. The standard InChI is InChI=1S/C25H27N7O3S/c26-13-19-17-4-1-2-5-18(17)21(14-28-19)32-23(33)22-20-12-16(31(22)25(32)34)15-30(20)24(36)27-6-3-7-29-8-10-35-11-9-29/h1-2,4-5,14,16,20,22H,3,6-12,15H2,(H,27,36)/t16-,20?,22-/m1/s1. The van der Waals surface area contributed by atoms with E-state index in [1.54, 1.807) is 11.0 Å². The number of benzene rings is 1. The number of thiocarbonyl (C=S) groups is 1. The zero-order valence-corrected chi connectivity index (χ0v) is 20.6. The van der Waals surface area contributed by atoms with Crippen molar-refractivity contribution in [3.63, 3.8) is 0 Å². The van der Waals surface area contributed by atoms with E-state index in [1.165, 1.54) is 11.1 Å². The van der Waals surface area contributed by atoms with Crippen molar-refractivity contribution in [3.8, 4) is 6.07 Å². The molecule has 4 fully saturated rings. The van der Waals surface area contributed by atoms with Crippen LogP contribution in [0.15, 0.2) is 30.5 Å². The summed E-state index contributed by atoms with van der Waals surface area (Å²) >= 11 is 5.70. The molecule has 1 unspecified atom stereocenters. The number of ether oxygens (including phenoxy) is 1. The minimum absolute atomic E-state index is 0.0628. The average molecular weight is 506 g/mol. The first-order valence-corrected chi connectivity index (χ1v) is 12.8. The first-order valence-electron chi connectivity index (χ1n) is 12.4. The Balaban J connectivity index is 1.16. The van der Waals surface area contributed by atoms with Crippen molar-refractivity contribution in [1.82, 2.24) is 25.0 Å². The molecule has 4 aliphatic rings. The number of nitrogens with zero attached hydrogens (tertiary/aromatic N) is 6. The molecule has 3 amide bonds. The molecule has 2 bridgehead atoms. The van der Waals surface area contributed by atoms with Gasteiger partial charge in [0.25, 0.3) is 5.91 Å². The third-order valence-electron chi connectivity index (χ3n) is 7.68. The first kappa shape index (κ1) is 23.1. The molecule has 4 saturated heterocycles. The fourth-order valence-electron chi connectivity index (χ4n) is 5.98. The molecule has 11 heteroatoms. The number of hydrogen-bond donors (Lipinski definition) is 1. The fourth-order valence-corrected chi connectivity index (χ4v) is 6.29. The number of pyridine rings is 1. The Labute approximate surface area is 214 Å². The van der Waals surface area contributed by atoms with Gasteiger partial charge >= 0.3 is 6.03 Å². The third kappa shape index (κ3) is 3.68. The van der Waals surface area contributed by atoms with Gasteiger partial charge in [-0.1, -0.05) is 24.3 Å². The molecule has 1 aromatic heterocycles. The Morgan fingerprint density at radius 1 is 1.22 bits per heavy atom. The van der Waals surface area contributed by atoms with Crippen LogP contribution in [0.25, 0.3) is 10.8 Å². The number of rotatable bonds is 5. The maximum Gasteiger partial charge on any atom is 0.332 e. The topological polar surface area (TPSA) is 105 Å². The van der Waals surface area contributed by atoms with Crippen LogP contribution in [0.4, 0.5) is 10.5 Å². The number of nitrogens with one attached hydrogen (secondary N) is 1. The van der Waals surface area contributed by atoms with Gasteiger partial charge in [0.2, 0.25) is 0 Å². The molecule has 6 rings (SSSR count). The zero-order valence-electron chi connectivity index (χ0n) is 19.8. The van der Waals surface area contributed by atoms with E-state index in [0.29, 0.717) is 28.1 Å². The molecular weight excluding hydrogens is 478 g/mol. The van der Waals surface area contributed by atoms with Crippen LogP contribution in [0.1, 0.15) is 18.5 Å². The predicted molar refractivity (Wildman–Crippen MR) is 136 cm³/mol. The summed E-state index contributed by atoms with van der Waals surface area (Å²) in [5, 5.41) is 14.7. The van der Waals surface area contributed by atoms with Crippen molar-refractivity contribution in [2.75, 3.05) is 50.8 Å². The summed E-state index contributed by atoms with van der Waals surface area (Å²) in [6.45, 7) is 5.90. The van der Waals surface area contributed by atoms with Crippen LogP contribution >= 0.6 is 12.2 Å². The van der Waals surface area contributed by atoms with Crippen LogP contribution in [-0.2, 0) is 9.53 Å². The SMILES string of the molecule is N#Cc1ncc(N2C(=O)[C@H]3C4C[C@H](CN4C(=S)NCCCN4CCOCC4)N3C2=O)c2ccccc12. The number of nitriles is 1. The van der Waals surface area contributed by atoms with E-state index in [0.717, 1.165) is 52.2 Å². The Kier molecular flexibility index (Phi) is 5.95. The molecule has 2 aromatic rings. The van der Waals surface area contributed by atoms with E-state index in [1.807, 2.05) is 18.2 Å². The highest BCUT2D eigenvalue weighted by atomic mass is 32.1. The van der Waals surface area contributed by atoms with Gasteiger partial charge in [0, 0.05) is 37.0 Å². The number of urea groups is 1. The third-order valence-corrected chi connectivity index (χ3v) is 8.06. The maximum absolute atomic E-state index is 13.7. The largest absolute Gasteiger partial charge is 0.379 e. The number of carbonyl (C=O) groups excluding carboxylic acids is 2. The quantitative estimate of drug-likeness (QED) is 0.366. The van der Waals surface area contributed by atoms with Crippen LogP contribution in [0.2, 0.25) is 0 Å². The molecule has 36 heavy (non-hydrogen) atoms. The lowest BCUT2D eigenvalue weighted by molar-refractivity contribution is -0.120. The van der Waals surface area contributed by atoms with E-state index in [4.69, 9.17) is 17.0 Å². The minimum atomic E-state index is -0.571. The van der Waals surface area contributed by atoms with Crippen LogP contribution < -0.4 is 10.2 Å². The lowest BCUT2D eigenvalue weighted by Crippen LogP contribution is -2.57. The lowest BCUT2D eigenvalue weighted by atomic mass is 10.1. The number of likely N-dealkylation sites (tertiary alicyclic amines) is 1. The monoisotopic (exact) mass is 505 g/mol. The Bertz CT molecular complexity index is 1270. The molecule has 0 saturated carbocycles. The number of imide groups is 1. The van der Waals surface area contributed by atoms with Gasteiger partial charge in [-0.15, -0.1) is 0 Å². The van der Waals surface area contributed by atoms with Gasteiger partial charge in [-0.2, -0.15) is 5.26 Å². The van der Waals surface area contributed by atoms with Gasteiger partial charge in [-0.3, -0.25) is 9.69 Å². The molecular formula is C25H27N7O3S. The molecule has 0 aliphatic carbocycles. The normalized spacial score (nSPS) is 25.5. The van der Waals surface area contributed by atoms with Gasteiger partial charge in [-0.25, -0.2) is 14.7 Å². The van der Waals surface area contributed by atoms with E-state index in [9.17, 15) is 14.9 Å². The van der Waals surface area contributed by atoms with Gasteiger partial charge in [0.15, 0.2) is 5.11 Å². The molecule has 0 spiro atoms. The second-order valence-electron chi connectivity index (χ2n) is 9.61. The smallest absolute Gasteiger partial charge is 0.332 e. The van der Waals surface area contributed by atoms with Crippen molar-refractivity contribution in [2.24, 2.45) is 0 Å². The number of morpholine rings is 1. The highest BCUT2D eigenvalue weighted by molar-refractivity contribution is 7.80. The lowest BCUT2D eigenvalue weighted by Gasteiger charge is -2.36. The van der Waals surface area contributed by atoms with Crippen LogP contribution in [0.5, 0.6) is 0 Å². The molecule has 10 nitrogen and oxygen atoms in total. The molecule has 186 valence electrons. The molecule has 5 heterocycles. The molecule has 1 aromatic carbocycles. The highest BCUT2D eigenvalue weighted by Crippen LogP contribution is 2.43. The fraction of sp³-hybridized carbons (Fsp3) is 0.480. The van der Waals surface area contributed by atoms with Crippen molar-refractivity contribution < 1.29 is 14.3 Å². The summed E-state index contributed by atoms with van der Waals surface area (Å²) in [6, 6.07) is 8.22. The molecule has 3 atom stereocenters. The molecule has 0 radical (unpaired) electrons. The molecule has 1 N–H and O–H groups in total. The first-order chi connectivity index (χ1) is 17.6. The van der Waals surface area contributed by atoms with Crippen LogP contribution in [0, 0.1) is 11.3 Å². The summed E-state index contributed by atoms with van der Waals surface area (Å²) < 4.78 is 5.40. The van der Waals surface area contributed by atoms with Gasteiger partial charge in [0.1, 0.15) is 17.8 Å². The number of anilines is 1. The van der Waals surface area contributed by atoms with Crippen molar-refractivity contribution in [2.45, 2.75) is 31.0 Å². The highest BCUT2D eigenvalue weighted by Gasteiger charge is 2.62. The van der Waals surface area contributed by atoms with E-state index < -0.39 is 6.04 Å². The minimum Gasteiger partial charge on any atom is -0.379 e. The van der Waals surface area contributed by atoms with Crippen LogP contribution in [-0.4, -0.2) is 101 Å². The van der Waals surface area contributed by atoms with Crippen LogP contribution in [0.3, 0.4) is 0 Å². The number of carbonyl (C=O) groups is 2. The summed E-state index contributed by atoms with van der Waals surface area (Å²) in [7, 11) is 0. The van der Waals surface area contributed by atoms with Gasteiger partial charge in [0.05, 0.1) is 37.2 Å². The Hall–Kier alpha value is -3.33. The van der Waals surface area contributed by atoms with Gasteiger partial charge < -0.3 is 19.9 Å². The second-order valence-corrected chi connectivity index (χ2v) is 9.99. The van der Waals surface area contributed by atoms with E-state index in [2.05, 4.69) is 26.2 Å². The molecule has 4 aliphatic heterocycles. The summed E-state index contributed by atoms with van der Waals surface area (Å²) in [5.41, 5.74) is 0.689. The van der Waals surface area contributed by atoms with Gasteiger partial charge in [-0.05, 0) is 31.6 Å². The number of piperazine rings is 1. The predicted octanol–water partition coefficient (Wildman–Crippen LogP) is 1.30. The van der Waals surface area contributed by atoms with E-state index >= 15 is 0 Å². The van der Waals surface area contributed by atoms with Crippen molar-refractivity contribution in [3.05, 3.63) is 36.2 Å². The number of hydrogen-bond acceptors (Lipinski definition) is 7. The summed E-state index contributed by atoms with van der Waals surface area (Å²) in [4.78, 5) is 38.8. The van der Waals surface area contributed by atoms with Crippen molar-refractivity contribution >= 4 is 45.7 Å². The zero-order chi connectivity index (χ0) is 24.8. The number of aromatic nitrogens is 1. The maximum atomic E-state index is 13.7. The average Bonchev–Trinajstić information content (AvgIpc) is 3.58. The number of amides is 3. The Morgan fingerprint density at radius 2 is 2.00 bits per heavy atom. The Morgan fingerprint density at radius 3 is 2.78 bits per heavy atom. The van der Waals surface area contributed by atoms with Crippen molar-refractivity contribution in [1.29, 1.82) is 5.26 Å². The summed E-state index contributed by atoms with van der Waals surface area (Å²) in [6.07, 6.45) is 3.17.